The molecule has 10 heteroatoms. The fourth-order valence-corrected chi connectivity index (χ4v) is 4.09. The molecule has 0 aliphatic heterocycles. The number of phenols is 4. The number of ether oxygens (including phenoxy) is 2. The number of ketones is 4. The monoisotopic (exact) mass is 542 g/mol. The van der Waals surface area contributed by atoms with E-state index in [1.165, 1.54) is 50.6 Å². The summed E-state index contributed by atoms with van der Waals surface area (Å²) in [7, 11) is 2.71. The van der Waals surface area contributed by atoms with Crippen LogP contribution in [0.1, 0.15) is 41.4 Å². The molecule has 40 heavy (non-hydrogen) atoms. The van der Waals surface area contributed by atoms with Crippen LogP contribution in [0.15, 0.2) is 72.8 Å². The highest BCUT2D eigenvalue weighted by Gasteiger charge is 2.24. The minimum absolute atomic E-state index is 0.0147. The van der Waals surface area contributed by atoms with Crippen molar-refractivity contribution in [2.45, 2.75) is 0 Å². The van der Waals surface area contributed by atoms with Crippen molar-refractivity contribution in [3.63, 3.8) is 0 Å². The Kier molecular flexibility index (Phi) is 7.53. The van der Waals surface area contributed by atoms with Gasteiger partial charge >= 0.3 is 0 Å². The lowest BCUT2D eigenvalue weighted by molar-refractivity contribution is 0.0816. The molecule has 0 saturated heterocycles. The van der Waals surface area contributed by atoms with E-state index in [0.717, 1.165) is 36.4 Å². The number of hydrogen-bond acceptors (Lipinski definition) is 10. The largest absolute Gasteiger partial charge is 0.508 e. The van der Waals surface area contributed by atoms with Gasteiger partial charge < -0.3 is 29.9 Å². The van der Waals surface area contributed by atoms with E-state index in [0.29, 0.717) is 11.1 Å². The fraction of sp³-hybridized carbons (Fsp3) is 0.0667. The molecule has 0 bridgehead atoms. The van der Waals surface area contributed by atoms with Gasteiger partial charge in [-0.25, -0.2) is 0 Å². The van der Waals surface area contributed by atoms with Crippen LogP contribution in [0.2, 0.25) is 0 Å². The minimum Gasteiger partial charge on any atom is -0.508 e. The zero-order valence-corrected chi connectivity index (χ0v) is 21.2. The molecule has 0 heterocycles. The zero-order valence-electron chi connectivity index (χ0n) is 21.2. The van der Waals surface area contributed by atoms with E-state index >= 15 is 0 Å². The zero-order chi connectivity index (χ0) is 29.1. The molecule has 0 fully saturated rings. The molecule has 0 amide bonds. The number of methoxy groups -OCH3 is 2. The van der Waals surface area contributed by atoms with Crippen molar-refractivity contribution >= 4 is 23.1 Å². The highest BCUT2D eigenvalue weighted by Crippen LogP contribution is 2.38. The first-order valence-electron chi connectivity index (χ1n) is 11.6. The third-order valence-corrected chi connectivity index (χ3v) is 5.96. The summed E-state index contributed by atoms with van der Waals surface area (Å²) in [6.07, 6.45) is 0. The van der Waals surface area contributed by atoms with E-state index in [1.54, 1.807) is 0 Å². The van der Waals surface area contributed by atoms with Gasteiger partial charge in [-0.2, -0.15) is 0 Å². The van der Waals surface area contributed by atoms with Crippen LogP contribution in [0.4, 0.5) is 0 Å². The summed E-state index contributed by atoms with van der Waals surface area (Å²) in [5, 5.41) is 38.6. The van der Waals surface area contributed by atoms with E-state index in [4.69, 9.17) is 9.47 Å². The lowest BCUT2D eigenvalue weighted by atomic mass is 9.95. The van der Waals surface area contributed by atoms with Crippen LogP contribution in [-0.4, -0.2) is 57.8 Å². The molecule has 0 aromatic heterocycles. The number of phenolic OH excluding ortho intramolecular Hbond substituents is 4. The standard InChI is InChI=1S/C30H22O10/c1-39-25-11-15(27(35)29(37)17-7-19(31)13-20(32)8-17)3-5-23(25)24-6-4-16(12-26(24)40-2)28(36)30(38)18-9-21(33)14-22(34)10-18/h3-14,31-34H,1-2H3. The maximum Gasteiger partial charge on any atom is 0.233 e. The number of aromatic hydroxyl groups is 4. The third kappa shape index (κ3) is 5.46. The van der Waals surface area contributed by atoms with Gasteiger partial charge in [-0.1, -0.05) is 12.1 Å². The molecule has 4 aromatic rings. The molecule has 202 valence electrons. The van der Waals surface area contributed by atoms with Crippen molar-refractivity contribution in [3.05, 3.63) is 95.1 Å². The van der Waals surface area contributed by atoms with Gasteiger partial charge in [-0.15, -0.1) is 0 Å². The predicted octanol–water partition coefficient (Wildman–Crippen LogP) is 4.32. The Morgan fingerprint density at radius 2 is 0.750 bits per heavy atom. The van der Waals surface area contributed by atoms with Crippen LogP contribution in [0.5, 0.6) is 34.5 Å². The quantitative estimate of drug-likeness (QED) is 0.177. The van der Waals surface area contributed by atoms with Gasteiger partial charge in [0.05, 0.1) is 14.2 Å². The molecule has 0 radical (unpaired) electrons. The summed E-state index contributed by atoms with van der Waals surface area (Å²) in [4.78, 5) is 51.1. The summed E-state index contributed by atoms with van der Waals surface area (Å²) in [6, 6.07) is 14.8. The smallest absolute Gasteiger partial charge is 0.233 e. The highest BCUT2D eigenvalue weighted by molar-refractivity contribution is 6.50. The van der Waals surface area contributed by atoms with E-state index in [2.05, 4.69) is 0 Å². The number of carbonyl (C=O) groups excluding carboxylic acids is 4. The summed E-state index contributed by atoms with van der Waals surface area (Å²) < 4.78 is 10.9. The molecule has 4 aromatic carbocycles. The van der Waals surface area contributed by atoms with Crippen molar-refractivity contribution in [1.82, 2.24) is 0 Å². The topological polar surface area (TPSA) is 168 Å². The van der Waals surface area contributed by atoms with Gasteiger partial charge in [-0.3, -0.25) is 19.2 Å². The molecule has 4 N–H and O–H groups in total. The van der Waals surface area contributed by atoms with E-state index < -0.39 is 23.1 Å². The van der Waals surface area contributed by atoms with Crippen LogP contribution in [-0.2, 0) is 0 Å². The first-order valence-corrected chi connectivity index (χ1v) is 11.6. The number of Topliss-reactive ketones (excluding diaryl/α,β-unsaturated/α-hetero) is 4. The average Bonchev–Trinajstić information content (AvgIpc) is 2.93. The number of rotatable bonds is 9. The summed E-state index contributed by atoms with van der Waals surface area (Å²) in [5.41, 5.74) is 0.479. The van der Waals surface area contributed by atoms with E-state index in [9.17, 15) is 39.6 Å². The molecule has 0 aliphatic carbocycles. The Balaban J connectivity index is 1.66. The number of benzene rings is 4. The average molecular weight is 542 g/mol. The molecule has 10 nitrogen and oxygen atoms in total. The highest BCUT2D eigenvalue weighted by atomic mass is 16.5. The molecule has 4 rings (SSSR count). The minimum atomic E-state index is -0.953. The molecule has 0 saturated carbocycles. The Labute approximate surface area is 227 Å². The van der Waals surface area contributed by atoms with Gasteiger partial charge in [0.1, 0.15) is 34.5 Å². The summed E-state index contributed by atoms with van der Waals surface area (Å²) >= 11 is 0. The lowest BCUT2D eigenvalue weighted by Gasteiger charge is -2.14. The normalized spacial score (nSPS) is 10.6. The molecule has 0 atom stereocenters. The van der Waals surface area contributed by atoms with Crippen LogP contribution >= 0.6 is 0 Å². The summed E-state index contributed by atoms with van der Waals surface area (Å²) in [6.45, 7) is 0. The second-order valence-corrected chi connectivity index (χ2v) is 8.62. The Hall–Kier alpha value is -5.64. The van der Waals surface area contributed by atoms with Crippen LogP contribution in [0.25, 0.3) is 11.1 Å². The Morgan fingerprint density at radius 1 is 0.450 bits per heavy atom. The second kappa shape index (κ2) is 11.0. The molecular formula is C30H22O10. The van der Waals surface area contributed by atoms with Crippen LogP contribution in [0, 0.1) is 0 Å². The Morgan fingerprint density at radius 3 is 1.05 bits per heavy atom. The van der Waals surface area contributed by atoms with Crippen molar-refractivity contribution < 1.29 is 49.1 Å². The van der Waals surface area contributed by atoms with E-state index in [-0.39, 0.29) is 56.8 Å². The van der Waals surface area contributed by atoms with Gasteiger partial charge in [-0.05, 0) is 48.5 Å². The van der Waals surface area contributed by atoms with Crippen molar-refractivity contribution in [3.8, 4) is 45.6 Å². The summed E-state index contributed by atoms with van der Waals surface area (Å²) in [5.74, 6) is -4.82. The van der Waals surface area contributed by atoms with Crippen molar-refractivity contribution in [2.75, 3.05) is 14.2 Å². The van der Waals surface area contributed by atoms with Gasteiger partial charge in [0, 0.05) is 45.5 Å². The van der Waals surface area contributed by atoms with E-state index in [1.807, 2.05) is 0 Å². The lowest BCUT2D eigenvalue weighted by Crippen LogP contribution is -2.15. The molecule has 0 unspecified atom stereocenters. The number of hydrogen-bond donors (Lipinski definition) is 4. The SMILES string of the molecule is COc1cc(C(=O)C(=O)c2cc(O)cc(O)c2)ccc1-c1ccc(C(=O)C(=O)c2cc(O)cc(O)c2)cc1OC. The van der Waals surface area contributed by atoms with Crippen LogP contribution in [0.3, 0.4) is 0 Å². The van der Waals surface area contributed by atoms with Gasteiger partial charge in [0.2, 0.25) is 23.1 Å². The number of carbonyl (C=O) groups is 4. The molecule has 0 spiro atoms. The molecular weight excluding hydrogens is 520 g/mol. The van der Waals surface area contributed by atoms with Gasteiger partial charge in [0.25, 0.3) is 0 Å². The van der Waals surface area contributed by atoms with Crippen LogP contribution < -0.4 is 9.47 Å². The first-order chi connectivity index (χ1) is 19.0. The second-order valence-electron chi connectivity index (χ2n) is 8.62. The maximum absolute atomic E-state index is 12.9. The third-order valence-electron chi connectivity index (χ3n) is 5.96. The van der Waals surface area contributed by atoms with Crippen molar-refractivity contribution in [2.24, 2.45) is 0 Å². The molecule has 0 aliphatic rings. The maximum atomic E-state index is 12.9. The van der Waals surface area contributed by atoms with Gasteiger partial charge in [0.15, 0.2) is 0 Å². The fourth-order valence-electron chi connectivity index (χ4n) is 4.09. The Bertz CT molecular complexity index is 1520. The van der Waals surface area contributed by atoms with Crippen molar-refractivity contribution in [1.29, 1.82) is 0 Å². The predicted molar refractivity (Wildman–Crippen MR) is 142 cm³/mol. The first kappa shape index (κ1) is 27.4.